The number of amides is 1. The number of aromatic nitrogens is 3. The molecule has 7 heteroatoms. The largest absolute Gasteiger partial charge is 0.351 e. The van der Waals surface area contributed by atoms with Gasteiger partial charge in [-0.1, -0.05) is 24.3 Å². The van der Waals surface area contributed by atoms with Gasteiger partial charge in [-0.2, -0.15) is 15.0 Å². The Morgan fingerprint density at radius 1 is 1.12 bits per heavy atom. The highest BCUT2D eigenvalue weighted by Crippen LogP contribution is 2.29. The van der Waals surface area contributed by atoms with Gasteiger partial charge in [0.1, 0.15) is 0 Å². The molecule has 0 fully saturated rings. The van der Waals surface area contributed by atoms with Crippen LogP contribution in [0.15, 0.2) is 24.3 Å². The van der Waals surface area contributed by atoms with Gasteiger partial charge in [-0.15, -0.1) is 11.6 Å². The van der Waals surface area contributed by atoms with Crippen molar-refractivity contribution in [1.29, 1.82) is 0 Å². The zero-order valence-corrected chi connectivity index (χ0v) is 15.3. The van der Waals surface area contributed by atoms with Gasteiger partial charge in [-0.25, -0.2) is 0 Å². The first-order chi connectivity index (χ1) is 11.9. The van der Waals surface area contributed by atoms with E-state index < -0.39 is 0 Å². The fraction of sp³-hybridized carbons (Fsp3) is 0.444. The van der Waals surface area contributed by atoms with Crippen LogP contribution < -0.4 is 10.6 Å². The number of benzene rings is 1. The lowest BCUT2D eigenvalue weighted by Crippen LogP contribution is -2.28. The second-order valence-electron chi connectivity index (χ2n) is 6.51. The first-order valence-electron chi connectivity index (χ1n) is 8.43. The topological polar surface area (TPSA) is 79.8 Å². The van der Waals surface area contributed by atoms with Crippen molar-refractivity contribution in [3.05, 3.63) is 41.2 Å². The lowest BCUT2D eigenvalue weighted by Gasteiger charge is -2.21. The molecule has 2 unspecified atom stereocenters. The average Bonchev–Trinajstić information content (AvgIpc) is 2.98. The standard InChI is InChI=1S/C18H22ClN5O/c1-10(19)16-22-17(24-18(23-16)21-12(3)25)20-11(2)15-8-13-6-4-5-7-14(13)9-15/h4-7,10-11,15H,8-9H2,1-3H3,(H2,20,21,22,23,24,25). The predicted molar refractivity (Wildman–Crippen MR) is 98.8 cm³/mol. The molecule has 1 aliphatic carbocycles. The predicted octanol–water partition coefficient (Wildman–Crippen LogP) is 3.35. The minimum Gasteiger partial charge on any atom is -0.351 e. The summed E-state index contributed by atoms with van der Waals surface area (Å²) in [6, 6.07) is 8.72. The van der Waals surface area contributed by atoms with Crippen LogP contribution in [-0.4, -0.2) is 26.9 Å². The first-order valence-corrected chi connectivity index (χ1v) is 8.87. The Hall–Kier alpha value is -2.21. The number of anilines is 2. The Kier molecular flexibility index (Phi) is 5.18. The van der Waals surface area contributed by atoms with E-state index in [1.807, 2.05) is 0 Å². The number of alkyl halides is 1. The number of carbonyl (C=O) groups is 1. The van der Waals surface area contributed by atoms with Gasteiger partial charge in [-0.3, -0.25) is 10.1 Å². The summed E-state index contributed by atoms with van der Waals surface area (Å²) in [7, 11) is 0. The van der Waals surface area contributed by atoms with Crippen molar-refractivity contribution in [3.63, 3.8) is 0 Å². The van der Waals surface area contributed by atoms with Crippen molar-refractivity contribution in [2.45, 2.75) is 45.0 Å². The van der Waals surface area contributed by atoms with Gasteiger partial charge >= 0.3 is 0 Å². The van der Waals surface area contributed by atoms with E-state index >= 15 is 0 Å². The zero-order chi connectivity index (χ0) is 18.0. The molecular formula is C18H22ClN5O. The summed E-state index contributed by atoms with van der Waals surface area (Å²) in [6.45, 7) is 5.33. The first kappa shape index (κ1) is 17.6. The van der Waals surface area contributed by atoms with Gasteiger partial charge in [-0.05, 0) is 43.7 Å². The molecule has 1 aromatic carbocycles. The molecule has 0 saturated carbocycles. The minimum absolute atomic E-state index is 0.179. The highest BCUT2D eigenvalue weighted by atomic mass is 35.5. The third kappa shape index (κ3) is 4.25. The SMILES string of the molecule is CC(=O)Nc1nc(NC(C)C2Cc3ccccc3C2)nc(C(C)Cl)n1. The summed E-state index contributed by atoms with van der Waals surface area (Å²) in [5.41, 5.74) is 2.82. The molecule has 2 aromatic rings. The van der Waals surface area contributed by atoms with E-state index in [2.05, 4.69) is 56.8 Å². The maximum absolute atomic E-state index is 11.3. The second-order valence-corrected chi connectivity index (χ2v) is 7.16. The molecule has 1 aliphatic rings. The van der Waals surface area contributed by atoms with Gasteiger partial charge in [0.2, 0.25) is 17.8 Å². The van der Waals surface area contributed by atoms with Crippen LogP contribution in [0.1, 0.15) is 43.1 Å². The van der Waals surface area contributed by atoms with E-state index in [1.54, 1.807) is 6.92 Å². The average molecular weight is 360 g/mol. The molecule has 2 N–H and O–H groups in total. The quantitative estimate of drug-likeness (QED) is 0.800. The number of halogens is 1. The van der Waals surface area contributed by atoms with Gasteiger partial charge in [0, 0.05) is 13.0 Å². The number of nitrogens with zero attached hydrogens (tertiary/aromatic N) is 3. The van der Waals surface area contributed by atoms with E-state index in [0.717, 1.165) is 12.8 Å². The van der Waals surface area contributed by atoms with Crippen molar-refractivity contribution in [3.8, 4) is 0 Å². The molecule has 0 saturated heterocycles. The van der Waals surface area contributed by atoms with Crippen molar-refractivity contribution < 1.29 is 4.79 Å². The molecule has 25 heavy (non-hydrogen) atoms. The van der Waals surface area contributed by atoms with Gasteiger partial charge in [0.05, 0.1) is 5.38 Å². The van der Waals surface area contributed by atoms with Crippen molar-refractivity contribution >= 4 is 29.4 Å². The number of fused-ring (bicyclic) bond motifs is 1. The lowest BCUT2D eigenvalue weighted by molar-refractivity contribution is -0.114. The van der Waals surface area contributed by atoms with E-state index in [1.165, 1.54) is 18.1 Å². The number of hydrogen-bond acceptors (Lipinski definition) is 5. The van der Waals surface area contributed by atoms with Gasteiger partial charge in [0.25, 0.3) is 0 Å². The maximum atomic E-state index is 11.3. The van der Waals surface area contributed by atoms with Crippen LogP contribution in [0.4, 0.5) is 11.9 Å². The van der Waals surface area contributed by atoms with Crippen LogP contribution in [0.25, 0.3) is 0 Å². The smallest absolute Gasteiger partial charge is 0.234 e. The summed E-state index contributed by atoms with van der Waals surface area (Å²) < 4.78 is 0. The van der Waals surface area contributed by atoms with Crippen molar-refractivity contribution in [1.82, 2.24) is 15.0 Å². The summed E-state index contributed by atoms with van der Waals surface area (Å²) >= 11 is 6.11. The number of carbonyl (C=O) groups excluding carboxylic acids is 1. The number of nitrogens with one attached hydrogen (secondary N) is 2. The highest BCUT2D eigenvalue weighted by Gasteiger charge is 2.26. The molecule has 0 bridgehead atoms. The van der Waals surface area contributed by atoms with Crippen LogP contribution in [0.5, 0.6) is 0 Å². The molecule has 6 nitrogen and oxygen atoms in total. The maximum Gasteiger partial charge on any atom is 0.234 e. The van der Waals surface area contributed by atoms with E-state index in [0.29, 0.717) is 17.7 Å². The fourth-order valence-corrected chi connectivity index (χ4v) is 3.21. The summed E-state index contributed by atoms with van der Waals surface area (Å²) in [5, 5.41) is 5.58. The molecule has 132 valence electrons. The Labute approximate surface area is 152 Å². The van der Waals surface area contributed by atoms with Gasteiger partial charge < -0.3 is 5.32 Å². The molecule has 1 heterocycles. The second kappa shape index (κ2) is 7.35. The van der Waals surface area contributed by atoms with Crippen LogP contribution in [0, 0.1) is 5.92 Å². The minimum atomic E-state index is -0.373. The summed E-state index contributed by atoms with van der Waals surface area (Å²) in [5.74, 6) is 1.32. The molecule has 1 amide bonds. The van der Waals surface area contributed by atoms with Crippen LogP contribution in [-0.2, 0) is 17.6 Å². The summed E-state index contributed by atoms with van der Waals surface area (Å²) in [6.07, 6.45) is 2.07. The number of hydrogen-bond donors (Lipinski definition) is 2. The Balaban J connectivity index is 1.75. The number of rotatable bonds is 5. The molecule has 3 rings (SSSR count). The Bertz CT molecular complexity index is 755. The van der Waals surface area contributed by atoms with Crippen molar-refractivity contribution in [2.75, 3.05) is 10.6 Å². The molecule has 0 spiro atoms. The Morgan fingerprint density at radius 2 is 1.72 bits per heavy atom. The van der Waals surface area contributed by atoms with Crippen LogP contribution >= 0.6 is 11.6 Å². The monoisotopic (exact) mass is 359 g/mol. The molecule has 1 aromatic heterocycles. The third-order valence-electron chi connectivity index (χ3n) is 4.44. The van der Waals surface area contributed by atoms with Gasteiger partial charge in [0.15, 0.2) is 5.82 Å². The van der Waals surface area contributed by atoms with Crippen molar-refractivity contribution in [2.24, 2.45) is 5.92 Å². The third-order valence-corrected chi connectivity index (χ3v) is 4.64. The molecule has 2 atom stereocenters. The highest BCUT2D eigenvalue weighted by molar-refractivity contribution is 6.20. The van der Waals surface area contributed by atoms with E-state index in [-0.39, 0.29) is 23.3 Å². The molecular weight excluding hydrogens is 338 g/mol. The normalized spacial score (nSPS) is 16.2. The van der Waals surface area contributed by atoms with Crippen LogP contribution in [0.2, 0.25) is 0 Å². The van der Waals surface area contributed by atoms with Crippen LogP contribution in [0.3, 0.4) is 0 Å². The molecule has 0 aliphatic heterocycles. The van der Waals surface area contributed by atoms with E-state index in [9.17, 15) is 4.79 Å². The van der Waals surface area contributed by atoms with E-state index in [4.69, 9.17) is 11.6 Å². The molecule has 0 radical (unpaired) electrons. The lowest BCUT2D eigenvalue weighted by atomic mass is 9.98. The zero-order valence-electron chi connectivity index (χ0n) is 14.6. The Morgan fingerprint density at radius 3 is 2.28 bits per heavy atom. The summed E-state index contributed by atoms with van der Waals surface area (Å²) in [4.78, 5) is 24.2. The fourth-order valence-electron chi connectivity index (χ4n) is 3.12.